The maximum Gasteiger partial charge on any atom is 0.312 e. The molecule has 0 aliphatic rings. The summed E-state index contributed by atoms with van der Waals surface area (Å²) in [5.74, 6) is 0.451. The van der Waals surface area contributed by atoms with Gasteiger partial charge in [0.25, 0.3) is 0 Å². The summed E-state index contributed by atoms with van der Waals surface area (Å²) < 4.78 is 5.37. The Kier molecular flexibility index (Phi) is 4.91. The second kappa shape index (κ2) is 6.21. The molecule has 5 nitrogen and oxygen atoms in total. The number of halogens is 1. The average Bonchev–Trinajstić information content (AvgIpc) is 2.35. The molecule has 1 unspecified atom stereocenters. The van der Waals surface area contributed by atoms with Crippen LogP contribution >= 0.6 is 15.9 Å². The molecule has 0 N–H and O–H groups in total. The summed E-state index contributed by atoms with van der Waals surface area (Å²) in [4.78, 5) is 10.3. The van der Waals surface area contributed by atoms with Crippen molar-refractivity contribution in [3.8, 4) is 11.8 Å². The van der Waals surface area contributed by atoms with E-state index in [1.807, 2.05) is 13.0 Å². The molecule has 90 valence electrons. The average molecular weight is 299 g/mol. The van der Waals surface area contributed by atoms with Crippen molar-refractivity contribution in [2.75, 3.05) is 11.9 Å². The fourth-order valence-electron chi connectivity index (χ4n) is 1.13. The first-order chi connectivity index (χ1) is 8.08. The highest BCUT2D eigenvalue weighted by molar-refractivity contribution is 9.09. The third-order valence-corrected chi connectivity index (χ3v) is 3.18. The SMILES string of the molecule is CC(CBr)COc1ccc(C#N)cc1[N+](=O)[O-]. The van der Waals surface area contributed by atoms with Crippen LogP contribution in [0.2, 0.25) is 0 Å². The van der Waals surface area contributed by atoms with Gasteiger partial charge in [0, 0.05) is 11.4 Å². The van der Waals surface area contributed by atoms with Gasteiger partial charge in [-0.25, -0.2) is 0 Å². The highest BCUT2D eigenvalue weighted by atomic mass is 79.9. The highest BCUT2D eigenvalue weighted by Crippen LogP contribution is 2.28. The summed E-state index contributed by atoms with van der Waals surface area (Å²) in [6, 6.07) is 6.03. The molecular weight excluding hydrogens is 288 g/mol. The van der Waals surface area contributed by atoms with Gasteiger partial charge >= 0.3 is 5.69 Å². The predicted molar refractivity (Wildman–Crippen MR) is 66.3 cm³/mol. The van der Waals surface area contributed by atoms with Crippen LogP contribution in [0.4, 0.5) is 5.69 Å². The number of hydrogen-bond acceptors (Lipinski definition) is 4. The van der Waals surface area contributed by atoms with E-state index >= 15 is 0 Å². The number of nitro groups is 1. The summed E-state index contributed by atoms with van der Waals surface area (Å²) in [5.41, 5.74) is 0.0726. The summed E-state index contributed by atoms with van der Waals surface area (Å²) >= 11 is 3.30. The van der Waals surface area contributed by atoms with Gasteiger partial charge in [0.2, 0.25) is 0 Å². The number of hydrogen-bond donors (Lipinski definition) is 0. The number of nitro benzene ring substituents is 1. The molecule has 0 bridgehead atoms. The zero-order valence-electron chi connectivity index (χ0n) is 9.22. The van der Waals surface area contributed by atoms with E-state index in [4.69, 9.17) is 10.00 Å². The molecule has 1 aromatic carbocycles. The lowest BCUT2D eigenvalue weighted by molar-refractivity contribution is -0.385. The third kappa shape index (κ3) is 3.71. The van der Waals surface area contributed by atoms with Crippen molar-refractivity contribution in [2.24, 2.45) is 5.92 Å². The molecule has 1 atom stereocenters. The van der Waals surface area contributed by atoms with Crippen LogP contribution in [0, 0.1) is 27.4 Å². The van der Waals surface area contributed by atoms with Crippen LogP contribution < -0.4 is 4.74 Å². The lowest BCUT2D eigenvalue weighted by Gasteiger charge is -2.10. The number of ether oxygens (including phenoxy) is 1. The van der Waals surface area contributed by atoms with Crippen LogP contribution in [0.25, 0.3) is 0 Å². The highest BCUT2D eigenvalue weighted by Gasteiger charge is 2.16. The largest absolute Gasteiger partial charge is 0.486 e. The zero-order chi connectivity index (χ0) is 12.8. The number of nitriles is 1. The summed E-state index contributed by atoms with van der Waals surface area (Å²) in [7, 11) is 0. The molecule has 0 heterocycles. The number of alkyl halides is 1. The lowest BCUT2D eigenvalue weighted by atomic mass is 10.2. The standard InChI is InChI=1S/C11H11BrN2O3/c1-8(5-12)7-17-11-3-2-9(6-13)4-10(11)14(15)16/h2-4,8H,5,7H2,1H3. The van der Waals surface area contributed by atoms with Crippen molar-refractivity contribution in [2.45, 2.75) is 6.92 Å². The second-order valence-corrected chi connectivity index (χ2v) is 4.27. The summed E-state index contributed by atoms with van der Waals surface area (Å²) in [6.45, 7) is 2.35. The molecule has 0 radical (unpaired) electrons. The van der Waals surface area contributed by atoms with E-state index in [9.17, 15) is 10.1 Å². The molecule has 0 spiro atoms. The van der Waals surface area contributed by atoms with Gasteiger partial charge in [0.05, 0.1) is 23.2 Å². The van der Waals surface area contributed by atoms with E-state index < -0.39 is 4.92 Å². The van der Waals surface area contributed by atoms with Crippen LogP contribution in [0.1, 0.15) is 12.5 Å². The molecular formula is C11H11BrN2O3. The van der Waals surface area contributed by atoms with E-state index in [2.05, 4.69) is 15.9 Å². The molecule has 0 aromatic heterocycles. The molecule has 0 fully saturated rings. The second-order valence-electron chi connectivity index (χ2n) is 3.62. The van der Waals surface area contributed by atoms with Crippen molar-refractivity contribution in [1.29, 1.82) is 5.26 Å². The Hall–Kier alpha value is -1.61. The van der Waals surface area contributed by atoms with Crippen LogP contribution in [0.5, 0.6) is 5.75 Å². The van der Waals surface area contributed by atoms with E-state index in [-0.39, 0.29) is 22.9 Å². The first-order valence-electron chi connectivity index (χ1n) is 4.95. The van der Waals surface area contributed by atoms with Gasteiger partial charge in [-0.15, -0.1) is 0 Å². The number of rotatable bonds is 5. The Bertz CT molecular complexity index is 457. The van der Waals surface area contributed by atoms with Gasteiger partial charge in [-0.2, -0.15) is 5.26 Å². The van der Waals surface area contributed by atoms with Crippen molar-refractivity contribution in [1.82, 2.24) is 0 Å². The quantitative estimate of drug-likeness (QED) is 0.476. The summed E-state index contributed by atoms with van der Waals surface area (Å²) in [5, 5.41) is 20.2. The fourth-order valence-corrected chi connectivity index (χ4v) is 1.32. The summed E-state index contributed by atoms with van der Waals surface area (Å²) in [6.07, 6.45) is 0. The van der Waals surface area contributed by atoms with Gasteiger partial charge in [0.15, 0.2) is 5.75 Å². The molecule has 17 heavy (non-hydrogen) atoms. The van der Waals surface area contributed by atoms with E-state index in [0.29, 0.717) is 6.61 Å². The molecule has 0 aliphatic carbocycles. The minimum absolute atomic E-state index is 0.175. The van der Waals surface area contributed by atoms with Gasteiger partial charge in [-0.05, 0) is 18.1 Å². The van der Waals surface area contributed by atoms with Crippen LogP contribution in [-0.4, -0.2) is 16.9 Å². The van der Waals surface area contributed by atoms with Crippen molar-refractivity contribution in [3.63, 3.8) is 0 Å². The van der Waals surface area contributed by atoms with E-state index in [0.717, 1.165) is 5.33 Å². The van der Waals surface area contributed by atoms with Crippen molar-refractivity contribution >= 4 is 21.6 Å². The number of benzene rings is 1. The van der Waals surface area contributed by atoms with E-state index in [1.165, 1.54) is 18.2 Å². The Labute approximate surface area is 107 Å². The Morgan fingerprint density at radius 2 is 2.35 bits per heavy atom. The Morgan fingerprint density at radius 3 is 2.88 bits per heavy atom. The smallest absolute Gasteiger partial charge is 0.312 e. The number of nitrogens with zero attached hydrogens (tertiary/aromatic N) is 2. The molecule has 0 saturated heterocycles. The predicted octanol–water partition coefficient (Wildman–Crippen LogP) is 2.88. The van der Waals surface area contributed by atoms with Gasteiger partial charge in [-0.3, -0.25) is 10.1 Å². The molecule has 0 amide bonds. The first-order valence-corrected chi connectivity index (χ1v) is 6.08. The monoisotopic (exact) mass is 298 g/mol. The lowest BCUT2D eigenvalue weighted by Crippen LogP contribution is -2.10. The van der Waals surface area contributed by atoms with Crippen LogP contribution in [0.3, 0.4) is 0 Å². The van der Waals surface area contributed by atoms with Crippen LogP contribution in [-0.2, 0) is 0 Å². The van der Waals surface area contributed by atoms with E-state index in [1.54, 1.807) is 0 Å². The third-order valence-electron chi connectivity index (χ3n) is 2.07. The van der Waals surface area contributed by atoms with Gasteiger partial charge < -0.3 is 4.74 Å². The van der Waals surface area contributed by atoms with Crippen molar-refractivity contribution in [3.05, 3.63) is 33.9 Å². The maximum absolute atomic E-state index is 10.8. The normalized spacial score (nSPS) is 11.6. The maximum atomic E-state index is 10.8. The fraction of sp³-hybridized carbons (Fsp3) is 0.364. The van der Waals surface area contributed by atoms with Gasteiger partial charge in [0.1, 0.15) is 0 Å². The zero-order valence-corrected chi connectivity index (χ0v) is 10.8. The molecule has 1 aromatic rings. The Balaban J connectivity index is 2.92. The first kappa shape index (κ1) is 13.5. The molecule has 0 aliphatic heterocycles. The molecule has 1 rings (SSSR count). The van der Waals surface area contributed by atoms with Crippen LogP contribution in [0.15, 0.2) is 18.2 Å². The van der Waals surface area contributed by atoms with Crippen molar-refractivity contribution < 1.29 is 9.66 Å². The molecule has 0 saturated carbocycles. The van der Waals surface area contributed by atoms with Gasteiger partial charge in [-0.1, -0.05) is 22.9 Å². The molecule has 6 heteroatoms. The minimum Gasteiger partial charge on any atom is -0.486 e. The minimum atomic E-state index is -0.547. The Morgan fingerprint density at radius 1 is 1.65 bits per heavy atom. The topological polar surface area (TPSA) is 76.2 Å².